The summed E-state index contributed by atoms with van der Waals surface area (Å²) in [5.41, 5.74) is 9.52. The fourth-order valence-electron chi connectivity index (χ4n) is 3.03. The van der Waals surface area contributed by atoms with Crippen molar-refractivity contribution in [2.24, 2.45) is 0 Å². The summed E-state index contributed by atoms with van der Waals surface area (Å²) in [5, 5.41) is 0. The van der Waals surface area contributed by atoms with Gasteiger partial charge < -0.3 is 20.3 Å². The summed E-state index contributed by atoms with van der Waals surface area (Å²) in [4.78, 5) is 16.4. The van der Waals surface area contributed by atoms with E-state index in [1.54, 1.807) is 19.1 Å². The molecular weight excluding hydrogens is 302 g/mol. The van der Waals surface area contributed by atoms with Gasteiger partial charge in [0.25, 0.3) is 0 Å². The van der Waals surface area contributed by atoms with E-state index in [1.165, 1.54) is 5.69 Å². The molecule has 24 heavy (non-hydrogen) atoms. The van der Waals surface area contributed by atoms with Crippen LogP contribution in [0.25, 0.3) is 0 Å². The highest BCUT2D eigenvalue weighted by Crippen LogP contribution is 2.27. The number of piperazine rings is 1. The molecule has 2 N–H and O–H groups in total. The van der Waals surface area contributed by atoms with Crippen molar-refractivity contribution in [3.8, 4) is 0 Å². The van der Waals surface area contributed by atoms with E-state index < -0.39 is 0 Å². The van der Waals surface area contributed by atoms with Gasteiger partial charge in [0, 0.05) is 31.9 Å². The van der Waals surface area contributed by atoms with Gasteiger partial charge in [0.05, 0.1) is 23.5 Å². The Morgan fingerprint density at radius 1 is 1.04 bits per heavy atom. The molecule has 1 fully saturated rings. The van der Waals surface area contributed by atoms with Crippen LogP contribution in [0, 0.1) is 0 Å². The molecule has 0 unspecified atom stereocenters. The molecule has 126 valence electrons. The number of nitrogens with two attached hydrogens (primary N) is 1. The highest BCUT2D eigenvalue weighted by atomic mass is 16.5. The van der Waals surface area contributed by atoms with Crippen LogP contribution < -0.4 is 15.5 Å². The van der Waals surface area contributed by atoms with E-state index in [4.69, 9.17) is 10.5 Å². The molecule has 0 atom stereocenters. The number of carbonyl (C=O) groups excluding carboxylic acids is 1. The lowest BCUT2D eigenvalue weighted by Gasteiger charge is -2.37. The lowest BCUT2D eigenvalue weighted by molar-refractivity contribution is 0.0526. The van der Waals surface area contributed by atoms with Crippen LogP contribution in [0.4, 0.5) is 17.1 Å². The second kappa shape index (κ2) is 7.25. The molecule has 0 bridgehead atoms. The van der Waals surface area contributed by atoms with Gasteiger partial charge in [-0.1, -0.05) is 18.2 Å². The van der Waals surface area contributed by atoms with E-state index in [1.807, 2.05) is 12.1 Å². The molecule has 2 aromatic carbocycles. The Kier molecular flexibility index (Phi) is 4.89. The smallest absolute Gasteiger partial charge is 0.338 e. The molecule has 5 heteroatoms. The predicted molar refractivity (Wildman–Crippen MR) is 97.7 cm³/mol. The standard InChI is InChI=1S/C19H23N3O2/c1-2-24-19(23)15-8-9-18(17(20)14-15)22-12-10-21(11-13-22)16-6-4-3-5-7-16/h3-9,14H,2,10-13,20H2,1H3. The number of para-hydroxylation sites is 1. The molecule has 5 nitrogen and oxygen atoms in total. The topological polar surface area (TPSA) is 58.8 Å². The molecule has 1 saturated heterocycles. The van der Waals surface area contributed by atoms with Gasteiger partial charge in [0.2, 0.25) is 0 Å². The van der Waals surface area contributed by atoms with Crippen LogP contribution in [-0.4, -0.2) is 38.8 Å². The van der Waals surface area contributed by atoms with Crippen molar-refractivity contribution in [2.75, 3.05) is 48.3 Å². The van der Waals surface area contributed by atoms with Crippen molar-refractivity contribution in [3.63, 3.8) is 0 Å². The average Bonchev–Trinajstić information content (AvgIpc) is 2.63. The Morgan fingerprint density at radius 2 is 1.71 bits per heavy atom. The minimum absolute atomic E-state index is 0.329. The van der Waals surface area contributed by atoms with Crippen molar-refractivity contribution >= 4 is 23.0 Å². The van der Waals surface area contributed by atoms with E-state index in [-0.39, 0.29) is 5.97 Å². The third-order valence-electron chi connectivity index (χ3n) is 4.28. The number of carbonyl (C=O) groups is 1. The quantitative estimate of drug-likeness (QED) is 0.692. The Morgan fingerprint density at radius 3 is 2.33 bits per heavy atom. The highest BCUT2D eigenvalue weighted by Gasteiger charge is 2.19. The van der Waals surface area contributed by atoms with E-state index >= 15 is 0 Å². The van der Waals surface area contributed by atoms with E-state index in [0.29, 0.717) is 17.9 Å². The van der Waals surface area contributed by atoms with Gasteiger partial charge in [-0.3, -0.25) is 0 Å². The summed E-state index contributed by atoms with van der Waals surface area (Å²) in [6, 6.07) is 15.8. The molecule has 1 aliphatic heterocycles. The van der Waals surface area contributed by atoms with Gasteiger partial charge in [-0.25, -0.2) is 4.79 Å². The van der Waals surface area contributed by atoms with Crippen LogP contribution >= 0.6 is 0 Å². The molecule has 2 aromatic rings. The van der Waals surface area contributed by atoms with Crippen LogP contribution in [0.3, 0.4) is 0 Å². The van der Waals surface area contributed by atoms with Gasteiger partial charge in [-0.2, -0.15) is 0 Å². The number of nitrogens with zero attached hydrogens (tertiary/aromatic N) is 2. The number of hydrogen-bond donors (Lipinski definition) is 1. The molecule has 0 saturated carbocycles. The van der Waals surface area contributed by atoms with Crippen molar-refractivity contribution in [3.05, 3.63) is 54.1 Å². The lowest BCUT2D eigenvalue weighted by atomic mass is 10.1. The second-order valence-corrected chi connectivity index (χ2v) is 5.80. The summed E-state index contributed by atoms with van der Waals surface area (Å²) in [7, 11) is 0. The van der Waals surface area contributed by atoms with Gasteiger partial charge >= 0.3 is 5.97 Å². The number of ether oxygens (including phenoxy) is 1. The molecule has 0 aromatic heterocycles. The van der Waals surface area contributed by atoms with E-state index in [2.05, 4.69) is 34.1 Å². The molecule has 1 aliphatic rings. The average molecular weight is 325 g/mol. The Hall–Kier alpha value is -2.69. The van der Waals surface area contributed by atoms with Crippen LogP contribution in [-0.2, 0) is 4.74 Å². The molecular formula is C19H23N3O2. The summed E-state index contributed by atoms with van der Waals surface area (Å²) in [5.74, 6) is -0.329. The van der Waals surface area contributed by atoms with Crippen LogP contribution in [0.2, 0.25) is 0 Å². The lowest BCUT2D eigenvalue weighted by Crippen LogP contribution is -2.46. The normalized spacial score (nSPS) is 14.5. The maximum atomic E-state index is 11.8. The first kappa shape index (κ1) is 16.2. The monoisotopic (exact) mass is 325 g/mol. The van der Waals surface area contributed by atoms with Crippen LogP contribution in [0.15, 0.2) is 48.5 Å². The SMILES string of the molecule is CCOC(=O)c1ccc(N2CCN(c3ccccc3)CC2)c(N)c1. The van der Waals surface area contributed by atoms with Crippen molar-refractivity contribution in [1.82, 2.24) is 0 Å². The number of anilines is 3. The van der Waals surface area contributed by atoms with Gasteiger partial charge in [0.1, 0.15) is 0 Å². The Labute approximate surface area is 142 Å². The maximum absolute atomic E-state index is 11.8. The summed E-state index contributed by atoms with van der Waals surface area (Å²) in [6.45, 7) is 5.85. The third-order valence-corrected chi connectivity index (χ3v) is 4.28. The molecule has 0 aliphatic carbocycles. The minimum Gasteiger partial charge on any atom is -0.462 e. The molecule has 0 radical (unpaired) electrons. The first-order valence-electron chi connectivity index (χ1n) is 8.30. The fourth-order valence-corrected chi connectivity index (χ4v) is 3.03. The molecule has 0 spiro atoms. The number of hydrogen-bond acceptors (Lipinski definition) is 5. The second-order valence-electron chi connectivity index (χ2n) is 5.80. The first-order chi connectivity index (χ1) is 11.7. The molecule has 3 rings (SSSR count). The van der Waals surface area contributed by atoms with Gasteiger partial charge in [-0.15, -0.1) is 0 Å². The zero-order valence-corrected chi connectivity index (χ0v) is 13.9. The highest BCUT2D eigenvalue weighted by molar-refractivity contribution is 5.92. The van der Waals surface area contributed by atoms with Crippen LogP contribution in [0.1, 0.15) is 17.3 Å². The Balaban J connectivity index is 1.67. The summed E-state index contributed by atoms with van der Waals surface area (Å²) >= 11 is 0. The third kappa shape index (κ3) is 3.45. The number of benzene rings is 2. The summed E-state index contributed by atoms with van der Waals surface area (Å²) < 4.78 is 5.02. The number of nitrogen functional groups attached to an aromatic ring is 1. The maximum Gasteiger partial charge on any atom is 0.338 e. The Bertz CT molecular complexity index is 695. The predicted octanol–water partition coefficient (Wildman–Crippen LogP) is 2.77. The van der Waals surface area contributed by atoms with Crippen molar-refractivity contribution < 1.29 is 9.53 Å². The fraction of sp³-hybridized carbons (Fsp3) is 0.316. The van der Waals surface area contributed by atoms with Crippen LogP contribution in [0.5, 0.6) is 0 Å². The van der Waals surface area contributed by atoms with E-state index in [9.17, 15) is 4.79 Å². The largest absolute Gasteiger partial charge is 0.462 e. The zero-order valence-electron chi connectivity index (χ0n) is 13.9. The minimum atomic E-state index is -0.329. The van der Waals surface area contributed by atoms with Gasteiger partial charge in [-0.05, 0) is 37.3 Å². The zero-order chi connectivity index (χ0) is 16.9. The number of esters is 1. The van der Waals surface area contributed by atoms with Crippen molar-refractivity contribution in [1.29, 1.82) is 0 Å². The molecule has 0 amide bonds. The van der Waals surface area contributed by atoms with Crippen molar-refractivity contribution in [2.45, 2.75) is 6.92 Å². The van der Waals surface area contributed by atoms with E-state index in [0.717, 1.165) is 31.9 Å². The van der Waals surface area contributed by atoms with Gasteiger partial charge in [0.15, 0.2) is 0 Å². The molecule has 1 heterocycles. The first-order valence-corrected chi connectivity index (χ1v) is 8.30. The number of rotatable bonds is 4. The summed E-state index contributed by atoms with van der Waals surface area (Å²) in [6.07, 6.45) is 0.